The number of carbonyl (C=O) groups is 5. The summed E-state index contributed by atoms with van der Waals surface area (Å²) in [5, 5.41) is 4.77. The van der Waals surface area contributed by atoms with Crippen LogP contribution in [0.3, 0.4) is 0 Å². The fraction of sp³-hybridized carbons (Fsp3) is 0.450. The van der Waals surface area contributed by atoms with Crippen molar-refractivity contribution in [3.63, 3.8) is 0 Å². The van der Waals surface area contributed by atoms with E-state index in [1.54, 1.807) is 0 Å². The molecule has 1 rings (SSSR count). The van der Waals surface area contributed by atoms with E-state index >= 15 is 0 Å². The molecule has 3 atom stereocenters. The molecule has 0 unspecified atom stereocenters. The summed E-state index contributed by atoms with van der Waals surface area (Å²) in [5.41, 5.74) is 0.531. The molecule has 1 aromatic carbocycles. The minimum atomic E-state index is -1.59. The van der Waals surface area contributed by atoms with Crippen LogP contribution in [0.4, 0.5) is 4.39 Å². The molecule has 2 amide bonds. The number of amides is 2. The van der Waals surface area contributed by atoms with Crippen LogP contribution in [0.25, 0.3) is 0 Å². The van der Waals surface area contributed by atoms with E-state index in [4.69, 9.17) is 0 Å². The molecule has 11 heteroatoms. The van der Waals surface area contributed by atoms with Gasteiger partial charge in [-0.15, -0.1) is 0 Å². The summed E-state index contributed by atoms with van der Waals surface area (Å²) in [4.78, 5) is 60.6. The summed E-state index contributed by atoms with van der Waals surface area (Å²) in [7, 11) is 3.19. The number of methoxy groups -OCH3 is 3. The Morgan fingerprint density at radius 3 is 1.97 bits per heavy atom. The number of rotatable bonds is 10. The summed E-state index contributed by atoms with van der Waals surface area (Å²) in [6, 6.07) is 2.51. The van der Waals surface area contributed by atoms with Gasteiger partial charge in [-0.2, -0.15) is 0 Å². The van der Waals surface area contributed by atoms with E-state index in [0.29, 0.717) is 5.56 Å². The van der Waals surface area contributed by atoms with Gasteiger partial charge in [0, 0.05) is 13.3 Å². The number of hydrogen-bond donors (Lipinski definition) is 2. The highest BCUT2D eigenvalue weighted by atomic mass is 19.1. The standard InChI is InChI=1S/C20H25FN2O8/c1-11(24)22-15(9-12-5-7-13(21)8-6-12)18(26)23-17(20(28)31-4)14(19(27)30-3)10-16(25)29-2/h5-8,14-15,17H,9-10H2,1-4H3,(H,22,24)(H,23,26)/t14-,15+,17-/m0/s1. The molecular weight excluding hydrogens is 415 g/mol. The topological polar surface area (TPSA) is 137 Å². The number of nitrogens with one attached hydrogen (secondary N) is 2. The van der Waals surface area contributed by atoms with Crippen molar-refractivity contribution in [1.82, 2.24) is 10.6 Å². The smallest absolute Gasteiger partial charge is 0.329 e. The zero-order valence-electron chi connectivity index (χ0n) is 17.6. The first-order valence-corrected chi connectivity index (χ1v) is 9.17. The third kappa shape index (κ3) is 8.03. The Kier molecular flexibility index (Phi) is 10.1. The van der Waals surface area contributed by atoms with Gasteiger partial charge in [-0.25, -0.2) is 9.18 Å². The third-order valence-electron chi connectivity index (χ3n) is 4.32. The van der Waals surface area contributed by atoms with Gasteiger partial charge in [-0.05, 0) is 17.7 Å². The molecule has 0 heterocycles. The van der Waals surface area contributed by atoms with Crippen molar-refractivity contribution < 1.29 is 42.6 Å². The Balaban J connectivity index is 3.17. The second-order valence-corrected chi connectivity index (χ2v) is 6.50. The molecule has 0 aliphatic rings. The Bertz CT molecular complexity index is 812. The molecule has 2 N–H and O–H groups in total. The largest absolute Gasteiger partial charge is 0.469 e. The first-order chi connectivity index (χ1) is 14.6. The predicted octanol–water partition coefficient (Wildman–Crippen LogP) is -0.117. The van der Waals surface area contributed by atoms with Crippen molar-refractivity contribution in [1.29, 1.82) is 0 Å². The lowest BCUT2D eigenvalue weighted by Crippen LogP contribution is -2.56. The molecule has 170 valence electrons. The van der Waals surface area contributed by atoms with Gasteiger partial charge in [-0.3, -0.25) is 19.2 Å². The minimum absolute atomic E-state index is 0.0283. The van der Waals surface area contributed by atoms with Gasteiger partial charge in [0.25, 0.3) is 0 Å². The summed E-state index contributed by atoms with van der Waals surface area (Å²) >= 11 is 0. The van der Waals surface area contributed by atoms with Crippen molar-refractivity contribution >= 4 is 29.7 Å². The molecule has 0 aliphatic heterocycles. The molecule has 1 aromatic rings. The van der Waals surface area contributed by atoms with E-state index in [2.05, 4.69) is 24.8 Å². The van der Waals surface area contributed by atoms with E-state index in [-0.39, 0.29) is 6.42 Å². The summed E-state index contributed by atoms with van der Waals surface area (Å²) < 4.78 is 27.0. The van der Waals surface area contributed by atoms with Crippen molar-refractivity contribution in [2.24, 2.45) is 5.92 Å². The van der Waals surface area contributed by atoms with E-state index in [1.165, 1.54) is 31.2 Å². The van der Waals surface area contributed by atoms with Crippen LogP contribution >= 0.6 is 0 Å². The monoisotopic (exact) mass is 440 g/mol. The highest BCUT2D eigenvalue weighted by Gasteiger charge is 2.39. The van der Waals surface area contributed by atoms with Crippen LogP contribution < -0.4 is 10.6 Å². The van der Waals surface area contributed by atoms with Crippen molar-refractivity contribution in [2.45, 2.75) is 31.8 Å². The van der Waals surface area contributed by atoms with Crippen LogP contribution in [0.1, 0.15) is 18.9 Å². The van der Waals surface area contributed by atoms with Gasteiger partial charge in [0.2, 0.25) is 11.8 Å². The summed E-state index contributed by atoms with van der Waals surface area (Å²) in [6.45, 7) is 1.19. The van der Waals surface area contributed by atoms with Crippen LogP contribution in [0.2, 0.25) is 0 Å². The summed E-state index contributed by atoms with van der Waals surface area (Å²) in [6.07, 6.45) is -0.592. The molecule has 0 spiro atoms. The molecular formula is C20H25FN2O8. The van der Waals surface area contributed by atoms with Gasteiger partial charge in [0.15, 0.2) is 0 Å². The van der Waals surface area contributed by atoms with Gasteiger partial charge in [-0.1, -0.05) is 12.1 Å². The first kappa shape index (κ1) is 25.5. The van der Waals surface area contributed by atoms with Crippen LogP contribution in [-0.2, 0) is 44.6 Å². The normalized spacial score (nSPS) is 13.2. The molecule has 0 saturated carbocycles. The SMILES string of the molecule is COC(=O)C[C@H](C(=O)OC)[C@H](NC(=O)[C@@H](Cc1ccc(F)cc1)NC(C)=O)C(=O)OC. The molecule has 0 fully saturated rings. The molecule has 0 aromatic heterocycles. The number of benzene rings is 1. The highest BCUT2D eigenvalue weighted by molar-refractivity contribution is 5.94. The predicted molar refractivity (Wildman–Crippen MR) is 104 cm³/mol. The third-order valence-corrected chi connectivity index (χ3v) is 4.32. The lowest BCUT2D eigenvalue weighted by Gasteiger charge is -2.26. The van der Waals surface area contributed by atoms with Gasteiger partial charge >= 0.3 is 17.9 Å². The quantitative estimate of drug-likeness (QED) is 0.380. The second-order valence-electron chi connectivity index (χ2n) is 6.50. The minimum Gasteiger partial charge on any atom is -0.469 e. The van der Waals surface area contributed by atoms with Crippen LogP contribution in [-0.4, -0.2) is 63.1 Å². The zero-order chi connectivity index (χ0) is 23.6. The van der Waals surface area contributed by atoms with Crippen LogP contribution in [0.5, 0.6) is 0 Å². The average molecular weight is 440 g/mol. The number of hydrogen-bond acceptors (Lipinski definition) is 8. The van der Waals surface area contributed by atoms with Gasteiger partial charge in [0.05, 0.1) is 33.7 Å². The van der Waals surface area contributed by atoms with Crippen LogP contribution in [0.15, 0.2) is 24.3 Å². The number of halogens is 1. The van der Waals surface area contributed by atoms with Crippen LogP contribution in [0, 0.1) is 11.7 Å². The Hall–Kier alpha value is -3.50. The van der Waals surface area contributed by atoms with Gasteiger partial charge < -0.3 is 24.8 Å². The second kappa shape index (κ2) is 12.3. The van der Waals surface area contributed by atoms with E-state index in [9.17, 15) is 28.4 Å². The van der Waals surface area contributed by atoms with E-state index in [1.807, 2.05) is 0 Å². The Morgan fingerprint density at radius 2 is 1.48 bits per heavy atom. The maximum atomic E-state index is 13.1. The highest BCUT2D eigenvalue weighted by Crippen LogP contribution is 2.15. The fourth-order valence-electron chi connectivity index (χ4n) is 2.77. The number of ether oxygens (including phenoxy) is 3. The maximum Gasteiger partial charge on any atom is 0.329 e. The Labute approximate surface area is 178 Å². The van der Waals surface area contributed by atoms with Gasteiger partial charge in [0.1, 0.15) is 17.9 Å². The number of carbonyl (C=O) groups excluding carboxylic acids is 5. The van der Waals surface area contributed by atoms with Crippen molar-refractivity contribution in [3.8, 4) is 0 Å². The maximum absolute atomic E-state index is 13.1. The Morgan fingerprint density at radius 1 is 0.903 bits per heavy atom. The molecule has 0 aliphatic carbocycles. The summed E-state index contributed by atoms with van der Waals surface area (Å²) in [5.74, 6) is -6.03. The van der Waals surface area contributed by atoms with E-state index < -0.39 is 60.0 Å². The molecule has 31 heavy (non-hydrogen) atoms. The van der Waals surface area contributed by atoms with Crippen molar-refractivity contribution in [3.05, 3.63) is 35.6 Å². The molecule has 0 saturated heterocycles. The first-order valence-electron chi connectivity index (χ1n) is 9.17. The van der Waals surface area contributed by atoms with E-state index in [0.717, 1.165) is 21.3 Å². The average Bonchev–Trinajstić information content (AvgIpc) is 2.75. The fourth-order valence-corrected chi connectivity index (χ4v) is 2.77. The molecule has 10 nitrogen and oxygen atoms in total. The molecule has 0 bridgehead atoms. The lowest BCUT2D eigenvalue weighted by molar-refractivity contribution is -0.159. The zero-order valence-corrected chi connectivity index (χ0v) is 17.6. The number of esters is 3. The lowest BCUT2D eigenvalue weighted by atomic mass is 9.95. The molecule has 0 radical (unpaired) electrons. The van der Waals surface area contributed by atoms with Crippen molar-refractivity contribution in [2.75, 3.05) is 21.3 Å².